The van der Waals surface area contributed by atoms with Crippen molar-refractivity contribution in [3.8, 4) is 0 Å². The molecule has 1 aliphatic rings. The highest BCUT2D eigenvalue weighted by molar-refractivity contribution is 5.77. The minimum atomic E-state index is 0.0856. The molecule has 1 aliphatic heterocycles. The molecule has 0 radical (unpaired) electrons. The van der Waals surface area contributed by atoms with Gasteiger partial charge in [0.2, 0.25) is 5.91 Å². The number of carbonyl (C=O) groups excluding carboxylic acids is 1. The number of nitrogens with two attached hydrogens (primary N) is 1. The third-order valence-electron chi connectivity index (χ3n) is 2.98. The van der Waals surface area contributed by atoms with E-state index in [0.717, 1.165) is 25.9 Å². The van der Waals surface area contributed by atoms with E-state index in [1.807, 2.05) is 0 Å². The van der Waals surface area contributed by atoms with E-state index >= 15 is 0 Å². The molecule has 0 aliphatic carbocycles. The number of carbonyl (C=O) groups is 1. The van der Waals surface area contributed by atoms with Gasteiger partial charge in [-0.1, -0.05) is 6.92 Å². The molecule has 1 rings (SSSR count). The van der Waals surface area contributed by atoms with E-state index in [9.17, 15) is 4.79 Å². The molecule has 5 nitrogen and oxygen atoms in total. The number of likely N-dealkylation sites (tertiary alicyclic amines) is 1. The summed E-state index contributed by atoms with van der Waals surface area (Å²) in [6.45, 7) is 5.82. The van der Waals surface area contributed by atoms with Crippen LogP contribution in [0.4, 0.5) is 0 Å². The van der Waals surface area contributed by atoms with Gasteiger partial charge in [0.05, 0.1) is 6.54 Å². The number of piperidine rings is 1. The Morgan fingerprint density at radius 3 is 2.94 bits per heavy atom. The highest BCUT2D eigenvalue weighted by Crippen LogP contribution is 2.14. The predicted octanol–water partition coefficient (Wildman–Crippen LogP) is -0.192. The van der Waals surface area contributed by atoms with Crippen LogP contribution in [0.3, 0.4) is 0 Å². The molecule has 100 valence electrons. The smallest absolute Gasteiger partial charge is 0.234 e. The van der Waals surface area contributed by atoms with Gasteiger partial charge in [-0.25, -0.2) is 0 Å². The minimum Gasteiger partial charge on any atom is -0.385 e. The van der Waals surface area contributed by atoms with Crippen LogP contribution in [0.25, 0.3) is 0 Å². The fourth-order valence-corrected chi connectivity index (χ4v) is 2.35. The average Bonchev–Trinajstić information content (AvgIpc) is 2.23. The van der Waals surface area contributed by atoms with Crippen LogP contribution in [-0.2, 0) is 9.53 Å². The summed E-state index contributed by atoms with van der Waals surface area (Å²) in [4.78, 5) is 13.8. The van der Waals surface area contributed by atoms with Gasteiger partial charge in [-0.2, -0.15) is 0 Å². The summed E-state index contributed by atoms with van der Waals surface area (Å²) in [7, 11) is 1.67. The van der Waals surface area contributed by atoms with Crippen molar-refractivity contribution in [3.05, 3.63) is 0 Å². The maximum atomic E-state index is 11.7. The molecule has 1 fully saturated rings. The van der Waals surface area contributed by atoms with E-state index in [1.54, 1.807) is 7.11 Å². The molecule has 1 amide bonds. The van der Waals surface area contributed by atoms with Crippen molar-refractivity contribution in [2.45, 2.75) is 25.8 Å². The van der Waals surface area contributed by atoms with E-state index in [1.165, 1.54) is 0 Å². The van der Waals surface area contributed by atoms with Crippen LogP contribution >= 0.6 is 0 Å². The Morgan fingerprint density at radius 1 is 1.53 bits per heavy atom. The number of nitrogens with zero attached hydrogens (tertiary/aromatic N) is 1. The summed E-state index contributed by atoms with van der Waals surface area (Å²) >= 11 is 0. The van der Waals surface area contributed by atoms with E-state index in [4.69, 9.17) is 10.5 Å². The molecule has 3 N–H and O–H groups in total. The highest BCUT2D eigenvalue weighted by Gasteiger charge is 2.23. The normalized spacial score (nSPS) is 25.8. The number of hydrogen-bond donors (Lipinski definition) is 2. The molecular weight excluding hydrogens is 218 g/mol. The molecule has 5 heteroatoms. The zero-order valence-electron chi connectivity index (χ0n) is 10.9. The van der Waals surface area contributed by atoms with Crippen LogP contribution in [-0.4, -0.2) is 56.7 Å². The molecule has 0 saturated carbocycles. The Kier molecular flexibility index (Phi) is 6.47. The van der Waals surface area contributed by atoms with Gasteiger partial charge >= 0.3 is 0 Å². The standard InChI is InChI=1S/C12H25N3O2/c1-10-6-11(13)8-15(7-10)9-12(16)14-4-3-5-17-2/h10-11H,3-9,13H2,1-2H3,(H,14,16). The lowest BCUT2D eigenvalue weighted by molar-refractivity contribution is -0.122. The van der Waals surface area contributed by atoms with Gasteiger partial charge in [0.1, 0.15) is 0 Å². The molecule has 0 bridgehead atoms. The number of methoxy groups -OCH3 is 1. The van der Waals surface area contributed by atoms with Crippen LogP contribution in [0.15, 0.2) is 0 Å². The third kappa shape index (κ3) is 6.00. The summed E-state index contributed by atoms with van der Waals surface area (Å²) in [5.41, 5.74) is 5.94. The zero-order chi connectivity index (χ0) is 12.7. The first-order valence-corrected chi connectivity index (χ1v) is 6.35. The summed E-state index contributed by atoms with van der Waals surface area (Å²) in [6.07, 6.45) is 1.92. The number of amides is 1. The highest BCUT2D eigenvalue weighted by atomic mass is 16.5. The molecule has 1 saturated heterocycles. The van der Waals surface area contributed by atoms with Gasteiger partial charge in [-0.15, -0.1) is 0 Å². The Balaban J connectivity index is 2.16. The Morgan fingerprint density at radius 2 is 2.29 bits per heavy atom. The van der Waals surface area contributed by atoms with Gasteiger partial charge in [0.25, 0.3) is 0 Å². The molecule has 0 aromatic rings. The summed E-state index contributed by atoms with van der Waals surface area (Å²) in [6, 6.07) is 0.208. The minimum absolute atomic E-state index is 0.0856. The van der Waals surface area contributed by atoms with Crippen molar-refractivity contribution in [2.24, 2.45) is 11.7 Å². The number of nitrogens with one attached hydrogen (secondary N) is 1. The van der Waals surface area contributed by atoms with Crippen LogP contribution < -0.4 is 11.1 Å². The molecular formula is C12H25N3O2. The van der Waals surface area contributed by atoms with Crippen LogP contribution in [0.5, 0.6) is 0 Å². The van der Waals surface area contributed by atoms with Gasteiger partial charge in [-0.3, -0.25) is 9.69 Å². The predicted molar refractivity (Wildman–Crippen MR) is 67.7 cm³/mol. The molecule has 0 aromatic carbocycles. The Bertz CT molecular complexity index is 226. The van der Waals surface area contributed by atoms with E-state index < -0.39 is 0 Å². The second kappa shape index (κ2) is 7.63. The SMILES string of the molecule is COCCCNC(=O)CN1CC(C)CC(N)C1. The first kappa shape index (κ1) is 14.4. The lowest BCUT2D eigenvalue weighted by Gasteiger charge is -2.34. The lowest BCUT2D eigenvalue weighted by atomic mass is 9.97. The van der Waals surface area contributed by atoms with Gasteiger partial charge < -0.3 is 15.8 Å². The topological polar surface area (TPSA) is 67.6 Å². The quantitative estimate of drug-likeness (QED) is 0.634. The number of rotatable bonds is 6. The number of ether oxygens (including phenoxy) is 1. The fourth-order valence-electron chi connectivity index (χ4n) is 2.35. The molecule has 2 unspecified atom stereocenters. The first-order chi connectivity index (χ1) is 8.11. The second-order valence-electron chi connectivity index (χ2n) is 4.99. The lowest BCUT2D eigenvalue weighted by Crippen LogP contribution is -2.49. The average molecular weight is 243 g/mol. The Labute approximate surface area is 104 Å². The van der Waals surface area contributed by atoms with Crippen molar-refractivity contribution in [2.75, 3.05) is 39.9 Å². The van der Waals surface area contributed by atoms with Crippen molar-refractivity contribution >= 4 is 5.91 Å². The van der Waals surface area contributed by atoms with Crippen molar-refractivity contribution in [3.63, 3.8) is 0 Å². The monoisotopic (exact) mass is 243 g/mol. The van der Waals surface area contributed by atoms with E-state index in [0.29, 0.717) is 25.6 Å². The summed E-state index contributed by atoms with van der Waals surface area (Å²) in [5, 5.41) is 2.89. The van der Waals surface area contributed by atoms with Crippen molar-refractivity contribution in [1.82, 2.24) is 10.2 Å². The largest absolute Gasteiger partial charge is 0.385 e. The molecule has 0 aromatic heterocycles. The maximum absolute atomic E-state index is 11.7. The van der Waals surface area contributed by atoms with Gasteiger partial charge in [0, 0.05) is 39.4 Å². The first-order valence-electron chi connectivity index (χ1n) is 6.35. The molecule has 2 atom stereocenters. The van der Waals surface area contributed by atoms with Crippen LogP contribution in [0.2, 0.25) is 0 Å². The van der Waals surface area contributed by atoms with Gasteiger partial charge in [-0.05, 0) is 18.8 Å². The maximum Gasteiger partial charge on any atom is 0.234 e. The zero-order valence-corrected chi connectivity index (χ0v) is 10.9. The van der Waals surface area contributed by atoms with E-state index in [2.05, 4.69) is 17.1 Å². The van der Waals surface area contributed by atoms with Crippen molar-refractivity contribution < 1.29 is 9.53 Å². The molecule has 17 heavy (non-hydrogen) atoms. The molecule has 0 spiro atoms. The van der Waals surface area contributed by atoms with E-state index in [-0.39, 0.29) is 11.9 Å². The Hall–Kier alpha value is -0.650. The summed E-state index contributed by atoms with van der Waals surface area (Å²) in [5.74, 6) is 0.669. The van der Waals surface area contributed by atoms with Crippen LogP contribution in [0, 0.1) is 5.92 Å². The number of hydrogen-bond acceptors (Lipinski definition) is 4. The van der Waals surface area contributed by atoms with Crippen molar-refractivity contribution in [1.29, 1.82) is 0 Å². The fraction of sp³-hybridized carbons (Fsp3) is 0.917. The molecule has 1 heterocycles. The van der Waals surface area contributed by atoms with Crippen LogP contribution in [0.1, 0.15) is 19.8 Å². The second-order valence-corrected chi connectivity index (χ2v) is 4.99. The third-order valence-corrected chi connectivity index (χ3v) is 2.98. The van der Waals surface area contributed by atoms with Gasteiger partial charge in [0.15, 0.2) is 0 Å². The summed E-state index contributed by atoms with van der Waals surface area (Å²) < 4.78 is 4.92.